The summed E-state index contributed by atoms with van der Waals surface area (Å²) in [6.45, 7) is 4.26. The van der Waals surface area contributed by atoms with Crippen molar-refractivity contribution in [2.45, 2.75) is 6.92 Å². The van der Waals surface area contributed by atoms with Crippen LogP contribution in [-0.2, 0) is 4.79 Å². The molecular weight excluding hydrogens is 344 g/mol. The molecule has 2 aromatic rings. The zero-order valence-electron chi connectivity index (χ0n) is 15.8. The molecule has 0 bridgehead atoms. The largest absolute Gasteiger partial charge is 0.378 e. The summed E-state index contributed by atoms with van der Waals surface area (Å²) in [5.41, 5.74) is 2.18. The van der Waals surface area contributed by atoms with Gasteiger partial charge in [-0.3, -0.25) is 9.59 Å². The fraction of sp³-hybridized carbons (Fsp3) is 0.368. The van der Waals surface area contributed by atoms with Crippen molar-refractivity contribution in [2.24, 2.45) is 0 Å². The van der Waals surface area contributed by atoms with Crippen LogP contribution in [0.25, 0.3) is 0 Å². The molecular formula is C19H24N6O2. The van der Waals surface area contributed by atoms with E-state index in [1.54, 1.807) is 11.8 Å². The molecule has 0 unspecified atom stereocenters. The Balaban J connectivity index is 1.60. The lowest BCUT2D eigenvalue weighted by molar-refractivity contribution is -0.129. The molecule has 142 valence electrons. The summed E-state index contributed by atoms with van der Waals surface area (Å²) in [6, 6.07) is 7.60. The summed E-state index contributed by atoms with van der Waals surface area (Å²) in [5.74, 6) is 0.409. The van der Waals surface area contributed by atoms with Crippen LogP contribution in [0.4, 0.5) is 17.3 Å². The molecule has 1 saturated heterocycles. The van der Waals surface area contributed by atoms with E-state index in [1.807, 2.05) is 48.2 Å². The summed E-state index contributed by atoms with van der Waals surface area (Å²) in [7, 11) is 3.93. The van der Waals surface area contributed by atoms with E-state index in [2.05, 4.69) is 15.3 Å². The molecule has 27 heavy (non-hydrogen) atoms. The molecule has 1 aliphatic heterocycles. The molecule has 1 fully saturated rings. The molecule has 1 aromatic heterocycles. The van der Waals surface area contributed by atoms with Crippen molar-refractivity contribution in [3.63, 3.8) is 0 Å². The van der Waals surface area contributed by atoms with Crippen molar-refractivity contribution in [3.05, 3.63) is 42.2 Å². The van der Waals surface area contributed by atoms with Gasteiger partial charge in [0.25, 0.3) is 5.91 Å². The number of carbonyl (C=O) groups is 2. The van der Waals surface area contributed by atoms with Crippen LogP contribution in [0.3, 0.4) is 0 Å². The number of anilines is 3. The average molecular weight is 368 g/mol. The number of nitrogens with one attached hydrogen (secondary N) is 1. The Morgan fingerprint density at radius 3 is 2.11 bits per heavy atom. The van der Waals surface area contributed by atoms with Gasteiger partial charge in [0, 0.05) is 71.0 Å². The minimum Gasteiger partial charge on any atom is -0.378 e. The van der Waals surface area contributed by atoms with Crippen LogP contribution in [0, 0.1) is 0 Å². The van der Waals surface area contributed by atoms with Crippen LogP contribution < -0.4 is 15.1 Å². The highest BCUT2D eigenvalue weighted by Crippen LogP contribution is 2.17. The zero-order chi connectivity index (χ0) is 19.4. The summed E-state index contributed by atoms with van der Waals surface area (Å²) in [4.78, 5) is 38.2. The lowest BCUT2D eigenvalue weighted by Crippen LogP contribution is -2.48. The number of piperazine rings is 1. The first kappa shape index (κ1) is 18.6. The SMILES string of the molecule is CC(=O)N1CCN(c2ncc(C(=O)Nc3ccc(N(C)C)cc3)cn2)CC1. The third-order valence-electron chi connectivity index (χ3n) is 4.55. The molecule has 0 radical (unpaired) electrons. The first-order valence-electron chi connectivity index (χ1n) is 8.85. The maximum Gasteiger partial charge on any atom is 0.258 e. The van der Waals surface area contributed by atoms with Gasteiger partial charge in [0.1, 0.15) is 0 Å². The van der Waals surface area contributed by atoms with Gasteiger partial charge in [0.15, 0.2) is 0 Å². The van der Waals surface area contributed by atoms with E-state index in [1.165, 1.54) is 12.4 Å². The zero-order valence-corrected chi connectivity index (χ0v) is 15.8. The smallest absolute Gasteiger partial charge is 0.258 e. The van der Waals surface area contributed by atoms with Crippen molar-refractivity contribution < 1.29 is 9.59 Å². The minimum absolute atomic E-state index is 0.0844. The number of amides is 2. The van der Waals surface area contributed by atoms with Crippen molar-refractivity contribution in [1.29, 1.82) is 0 Å². The molecule has 1 aliphatic rings. The molecule has 0 saturated carbocycles. The minimum atomic E-state index is -0.249. The average Bonchev–Trinajstić information content (AvgIpc) is 2.68. The second-order valence-electron chi connectivity index (χ2n) is 6.66. The van der Waals surface area contributed by atoms with Gasteiger partial charge in [-0.2, -0.15) is 0 Å². The molecule has 3 rings (SSSR count). The van der Waals surface area contributed by atoms with Gasteiger partial charge in [0.05, 0.1) is 5.56 Å². The predicted octanol–water partition coefficient (Wildman–Crippen LogP) is 1.46. The van der Waals surface area contributed by atoms with Gasteiger partial charge in [-0.05, 0) is 24.3 Å². The number of aromatic nitrogens is 2. The van der Waals surface area contributed by atoms with Crippen LogP contribution in [0.1, 0.15) is 17.3 Å². The highest BCUT2D eigenvalue weighted by Gasteiger charge is 2.20. The van der Waals surface area contributed by atoms with E-state index >= 15 is 0 Å². The molecule has 8 nitrogen and oxygen atoms in total. The molecule has 2 amide bonds. The van der Waals surface area contributed by atoms with Crippen LogP contribution in [0.15, 0.2) is 36.7 Å². The molecule has 0 aliphatic carbocycles. The van der Waals surface area contributed by atoms with Crippen molar-refractivity contribution >= 4 is 29.1 Å². The Morgan fingerprint density at radius 1 is 1.00 bits per heavy atom. The molecule has 8 heteroatoms. The number of carbonyl (C=O) groups excluding carboxylic acids is 2. The molecule has 1 N–H and O–H groups in total. The van der Waals surface area contributed by atoms with E-state index < -0.39 is 0 Å². The first-order valence-corrected chi connectivity index (χ1v) is 8.85. The fourth-order valence-corrected chi connectivity index (χ4v) is 2.87. The third kappa shape index (κ3) is 4.52. The van der Waals surface area contributed by atoms with Gasteiger partial charge < -0.3 is 20.0 Å². The first-order chi connectivity index (χ1) is 12.9. The second-order valence-corrected chi connectivity index (χ2v) is 6.66. The Hall–Kier alpha value is -3.16. The van der Waals surface area contributed by atoms with Gasteiger partial charge in [-0.15, -0.1) is 0 Å². The monoisotopic (exact) mass is 368 g/mol. The summed E-state index contributed by atoms with van der Waals surface area (Å²) >= 11 is 0. The van der Waals surface area contributed by atoms with Crippen LogP contribution in [0.5, 0.6) is 0 Å². The predicted molar refractivity (Wildman–Crippen MR) is 105 cm³/mol. The van der Waals surface area contributed by atoms with E-state index in [4.69, 9.17) is 0 Å². The normalized spacial score (nSPS) is 14.0. The fourth-order valence-electron chi connectivity index (χ4n) is 2.87. The Morgan fingerprint density at radius 2 is 1.59 bits per heavy atom. The van der Waals surface area contributed by atoms with Crippen molar-refractivity contribution in [1.82, 2.24) is 14.9 Å². The van der Waals surface area contributed by atoms with Gasteiger partial charge in [0.2, 0.25) is 11.9 Å². The Labute approximate surface area is 158 Å². The molecule has 0 spiro atoms. The molecule has 1 aromatic carbocycles. The molecule has 0 atom stereocenters. The van der Waals surface area contributed by atoms with Crippen LogP contribution >= 0.6 is 0 Å². The topological polar surface area (TPSA) is 81.7 Å². The molecule has 2 heterocycles. The van der Waals surface area contributed by atoms with Gasteiger partial charge in [-0.25, -0.2) is 9.97 Å². The highest BCUT2D eigenvalue weighted by molar-refractivity contribution is 6.03. The lowest BCUT2D eigenvalue weighted by atomic mass is 10.2. The number of rotatable bonds is 4. The lowest BCUT2D eigenvalue weighted by Gasteiger charge is -2.34. The Kier molecular flexibility index (Phi) is 5.54. The number of hydrogen-bond donors (Lipinski definition) is 1. The Bertz CT molecular complexity index is 796. The van der Waals surface area contributed by atoms with Gasteiger partial charge in [-0.1, -0.05) is 0 Å². The van der Waals surface area contributed by atoms with Gasteiger partial charge >= 0.3 is 0 Å². The maximum absolute atomic E-state index is 12.4. The van der Waals surface area contributed by atoms with E-state index in [9.17, 15) is 9.59 Å². The second kappa shape index (κ2) is 8.03. The van der Waals surface area contributed by atoms with Crippen molar-refractivity contribution in [2.75, 3.05) is 55.4 Å². The van der Waals surface area contributed by atoms with Crippen LogP contribution in [0.2, 0.25) is 0 Å². The number of hydrogen-bond acceptors (Lipinski definition) is 6. The quantitative estimate of drug-likeness (QED) is 0.880. The van der Waals surface area contributed by atoms with Crippen molar-refractivity contribution in [3.8, 4) is 0 Å². The number of nitrogens with zero attached hydrogens (tertiary/aromatic N) is 5. The van der Waals surface area contributed by atoms with E-state index in [-0.39, 0.29) is 11.8 Å². The summed E-state index contributed by atoms with van der Waals surface area (Å²) in [5, 5.41) is 2.85. The standard InChI is InChI=1S/C19H24N6O2/c1-14(26)24-8-10-25(11-9-24)19-20-12-15(13-21-19)18(27)22-16-4-6-17(7-5-16)23(2)3/h4-7,12-13H,8-11H2,1-3H3,(H,22,27). The van der Waals surface area contributed by atoms with Crippen LogP contribution in [-0.4, -0.2) is 67.0 Å². The van der Waals surface area contributed by atoms with E-state index in [0.717, 1.165) is 11.4 Å². The summed E-state index contributed by atoms with van der Waals surface area (Å²) in [6.07, 6.45) is 3.06. The number of benzene rings is 1. The van der Waals surface area contributed by atoms with E-state index in [0.29, 0.717) is 37.7 Å². The third-order valence-corrected chi connectivity index (χ3v) is 4.55. The highest BCUT2D eigenvalue weighted by atomic mass is 16.2. The summed E-state index contributed by atoms with van der Waals surface area (Å²) < 4.78 is 0. The maximum atomic E-state index is 12.4.